The molecule has 0 bridgehead atoms. The average molecular weight is 485 g/mol. The van der Waals surface area contributed by atoms with Gasteiger partial charge in [0.05, 0.1) is 23.9 Å². The fourth-order valence-corrected chi connectivity index (χ4v) is 5.51. The molecule has 0 fully saturated rings. The summed E-state index contributed by atoms with van der Waals surface area (Å²) in [5, 5.41) is 18.5. The minimum absolute atomic E-state index is 0.497. The lowest BCUT2D eigenvalue weighted by molar-refractivity contribution is 0.156. The van der Waals surface area contributed by atoms with E-state index in [1.54, 1.807) is 0 Å². The highest BCUT2D eigenvalue weighted by Gasteiger charge is 2.23. The number of hydrogen-bond donors (Lipinski definition) is 2. The average Bonchev–Trinajstić information content (AvgIpc) is 3.28. The Labute approximate surface area is 218 Å². The molecule has 1 heterocycles. The molecule has 0 amide bonds. The Bertz CT molecular complexity index is 1610. The standard InChI is InChI=1S/C34H32N2O/c1-24-16-19-28(20-17-24)35-22-29(37)23-36-33(27-13-6-3-7-14-27)32(26-11-4-2-5-12-26)31-21-18-25-10-8-9-15-30(25)34(31)36/h2-16,18-19,21,29,35,37H,17,20,22-23H2,1H3. The van der Waals surface area contributed by atoms with E-state index in [2.05, 4.69) is 126 Å². The molecule has 3 nitrogen and oxygen atoms in total. The quantitative estimate of drug-likeness (QED) is 0.248. The van der Waals surface area contributed by atoms with Crippen LogP contribution in [0.4, 0.5) is 0 Å². The molecule has 0 saturated carbocycles. The Balaban J connectivity index is 1.52. The maximum Gasteiger partial charge on any atom is 0.0891 e. The lowest BCUT2D eigenvalue weighted by Gasteiger charge is -2.20. The zero-order valence-electron chi connectivity index (χ0n) is 21.2. The Morgan fingerprint density at radius 3 is 2.19 bits per heavy atom. The van der Waals surface area contributed by atoms with E-state index >= 15 is 0 Å². The van der Waals surface area contributed by atoms with Crippen molar-refractivity contribution in [1.29, 1.82) is 0 Å². The van der Waals surface area contributed by atoms with Crippen LogP contribution in [-0.4, -0.2) is 22.3 Å². The Kier molecular flexibility index (Phi) is 6.38. The molecule has 3 heteroatoms. The maximum atomic E-state index is 11.3. The number of nitrogens with one attached hydrogen (secondary N) is 1. The zero-order chi connectivity index (χ0) is 25.2. The number of aliphatic hydroxyl groups is 1. The third-order valence-corrected chi connectivity index (χ3v) is 7.37. The minimum atomic E-state index is -0.548. The smallest absolute Gasteiger partial charge is 0.0891 e. The number of allylic oxidation sites excluding steroid dienone is 4. The first-order valence-corrected chi connectivity index (χ1v) is 13.1. The second-order valence-corrected chi connectivity index (χ2v) is 9.99. The first kappa shape index (κ1) is 23.3. The van der Waals surface area contributed by atoms with E-state index in [1.165, 1.54) is 44.1 Å². The molecule has 37 heavy (non-hydrogen) atoms. The van der Waals surface area contributed by atoms with Crippen molar-refractivity contribution >= 4 is 21.7 Å². The zero-order valence-corrected chi connectivity index (χ0v) is 21.2. The number of aromatic nitrogens is 1. The highest BCUT2D eigenvalue weighted by Crippen LogP contribution is 2.43. The summed E-state index contributed by atoms with van der Waals surface area (Å²) in [5.41, 5.74) is 8.46. The van der Waals surface area contributed by atoms with Gasteiger partial charge in [-0.3, -0.25) is 0 Å². The molecular weight excluding hydrogens is 452 g/mol. The summed E-state index contributed by atoms with van der Waals surface area (Å²) in [6, 6.07) is 34.2. The molecule has 0 radical (unpaired) electrons. The number of nitrogens with zero attached hydrogens (tertiary/aromatic N) is 1. The van der Waals surface area contributed by atoms with Crippen LogP contribution in [0.2, 0.25) is 0 Å². The summed E-state index contributed by atoms with van der Waals surface area (Å²) in [7, 11) is 0. The van der Waals surface area contributed by atoms with Crippen molar-refractivity contribution < 1.29 is 5.11 Å². The molecule has 1 aliphatic rings. The molecule has 184 valence electrons. The summed E-state index contributed by atoms with van der Waals surface area (Å²) < 4.78 is 2.35. The first-order valence-electron chi connectivity index (χ1n) is 13.1. The molecule has 1 aliphatic carbocycles. The number of aliphatic hydroxyl groups excluding tert-OH is 1. The van der Waals surface area contributed by atoms with Crippen molar-refractivity contribution in [3.63, 3.8) is 0 Å². The third kappa shape index (κ3) is 4.59. The number of rotatable bonds is 7. The van der Waals surface area contributed by atoms with Crippen LogP contribution >= 0.6 is 0 Å². The molecule has 0 spiro atoms. The predicted molar refractivity (Wildman–Crippen MR) is 155 cm³/mol. The van der Waals surface area contributed by atoms with Crippen LogP contribution in [0.15, 0.2) is 120 Å². The van der Waals surface area contributed by atoms with Gasteiger partial charge in [-0.05, 0) is 42.4 Å². The summed E-state index contributed by atoms with van der Waals surface area (Å²) >= 11 is 0. The summed E-state index contributed by atoms with van der Waals surface area (Å²) in [6.45, 7) is 3.17. The lowest BCUT2D eigenvalue weighted by Crippen LogP contribution is -2.30. The molecule has 5 aromatic rings. The van der Waals surface area contributed by atoms with Crippen LogP contribution in [0, 0.1) is 0 Å². The summed E-state index contributed by atoms with van der Waals surface area (Å²) in [6.07, 6.45) is 5.84. The fraction of sp³-hybridized carbons (Fsp3) is 0.176. The fourth-order valence-electron chi connectivity index (χ4n) is 5.51. The topological polar surface area (TPSA) is 37.2 Å². The van der Waals surface area contributed by atoms with Crippen LogP contribution < -0.4 is 5.32 Å². The van der Waals surface area contributed by atoms with E-state index in [-0.39, 0.29) is 0 Å². The van der Waals surface area contributed by atoms with Crippen LogP contribution in [0.3, 0.4) is 0 Å². The largest absolute Gasteiger partial charge is 0.389 e. The number of fused-ring (bicyclic) bond motifs is 3. The number of hydrogen-bond acceptors (Lipinski definition) is 2. The van der Waals surface area contributed by atoms with Gasteiger partial charge in [0.25, 0.3) is 0 Å². The van der Waals surface area contributed by atoms with E-state index in [0.717, 1.165) is 24.1 Å². The van der Waals surface area contributed by atoms with E-state index in [0.29, 0.717) is 13.1 Å². The van der Waals surface area contributed by atoms with Gasteiger partial charge in [0.1, 0.15) is 0 Å². The molecule has 0 saturated heterocycles. The molecule has 0 aliphatic heterocycles. The van der Waals surface area contributed by atoms with E-state index in [9.17, 15) is 5.11 Å². The van der Waals surface area contributed by atoms with E-state index in [4.69, 9.17) is 0 Å². The van der Waals surface area contributed by atoms with E-state index in [1.807, 2.05) is 0 Å². The third-order valence-electron chi connectivity index (χ3n) is 7.37. The summed E-state index contributed by atoms with van der Waals surface area (Å²) in [4.78, 5) is 0. The van der Waals surface area contributed by atoms with Gasteiger partial charge in [-0.1, -0.05) is 109 Å². The van der Waals surface area contributed by atoms with Gasteiger partial charge >= 0.3 is 0 Å². The van der Waals surface area contributed by atoms with Gasteiger partial charge in [-0.25, -0.2) is 0 Å². The van der Waals surface area contributed by atoms with Crippen LogP contribution in [0.1, 0.15) is 19.8 Å². The maximum absolute atomic E-state index is 11.3. The van der Waals surface area contributed by atoms with Crippen LogP contribution in [-0.2, 0) is 6.54 Å². The molecule has 4 aromatic carbocycles. The van der Waals surface area contributed by atoms with Gasteiger partial charge in [0.2, 0.25) is 0 Å². The normalized spacial score (nSPS) is 14.4. The molecule has 1 atom stereocenters. The highest BCUT2D eigenvalue weighted by molar-refractivity contribution is 6.15. The van der Waals surface area contributed by atoms with Crippen molar-refractivity contribution in [2.24, 2.45) is 0 Å². The molecule has 1 unspecified atom stereocenters. The Hall–Kier alpha value is -4.08. The second kappa shape index (κ2) is 10.1. The van der Waals surface area contributed by atoms with Crippen LogP contribution in [0.5, 0.6) is 0 Å². The van der Waals surface area contributed by atoms with Crippen molar-refractivity contribution in [1.82, 2.24) is 9.88 Å². The van der Waals surface area contributed by atoms with Gasteiger partial charge in [-0.2, -0.15) is 0 Å². The Morgan fingerprint density at radius 1 is 0.757 bits per heavy atom. The van der Waals surface area contributed by atoms with Crippen LogP contribution in [0.25, 0.3) is 44.1 Å². The van der Waals surface area contributed by atoms with Crippen molar-refractivity contribution in [3.8, 4) is 22.4 Å². The van der Waals surface area contributed by atoms with Gasteiger partial charge in [0.15, 0.2) is 0 Å². The van der Waals surface area contributed by atoms with Gasteiger partial charge in [0, 0.05) is 28.6 Å². The SMILES string of the molecule is CC1=CC=C(NCC(O)Cn2c(-c3ccccc3)c(-c3ccccc3)c3ccc4ccccc4c32)CC1. The lowest BCUT2D eigenvalue weighted by atomic mass is 9.97. The van der Waals surface area contributed by atoms with Crippen molar-refractivity contribution in [2.45, 2.75) is 32.4 Å². The number of benzene rings is 4. The van der Waals surface area contributed by atoms with Gasteiger partial charge < -0.3 is 15.0 Å². The predicted octanol–water partition coefficient (Wildman–Crippen LogP) is 7.70. The molecule has 1 aromatic heterocycles. The molecular formula is C34H32N2O. The van der Waals surface area contributed by atoms with Crippen molar-refractivity contribution in [3.05, 3.63) is 120 Å². The van der Waals surface area contributed by atoms with E-state index < -0.39 is 6.10 Å². The van der Waals surface area contributed by atoms with Crippen molar-refractivity contribution in [2.75, 3.05) is 6.54 Å². The first-order chi connectivity index (χ1) is 18.2. The highest BCUT2D eigenvalue weighted by atomic mass is 16.3. The van der Waals surface area contributed by atoms with Gasteiger partial charge in [-0.15, -0.1) is 0 Å². The molecule has 2 N–H and O–H groups in total. The summed E-state index contributed by atoms with van der Waals surface area (Å²) in [5.74, 6) is 0. The minimum Gasteiger partial charge on any atom is -0.389 e. The molecule has 6 rings (SSSR count). The Morgan fingerprint density at radius 2 is 1.46 bits per heavy atom. The second-order valence-electron chi connectivity index (χ2n) is 9.99. The monoisotopic (exact) mass is 484 g/mol.